The summed E-state index contributed by atoms with van der Waals surface area (Å²) >= 11 is 0. The zero-order valence-corrected chi connectivity index (χ0v) is 12.4. The largest absolute Gasteiger partial charge is 0.350 e. The molecule has 0 aromatic heterocycles. The summed E-state index contributed by atoms with van der Waals surface area (Å²) in [5.41, 5.74) is 0. The van der Waals surface area contributed by atoms with Crippen LogP contribution in [0.2, 0.25) is 0 Å². The summed E-state index contributed by atoms with van der Waals surface area (Å²) in [6.45, 7) is 3.19. The van der Waals surface area contributed by atoms with Crippen molar-refractivity contribution < 1.29 is 14.3 Å². The standard InChI is InChI=1S/C16H27NO3/c18-15(7-6-14-4-1-2-5-14)17-10-8-16(9-11-17)19-12-3-13-20-16/h14H,1-13H2. The molecule has 0 radical (unpaired) electrons. The molecule has 2 aliphatic heterocycles. The maximum atomic E-state index is 12.3. The molecule has 0 N–H and O–H groups in total. The van der Waals surface area contributed by atoms with Crippen LogP contribution in [0.5, 0.6) is 0 Å². The molecule has 3 rings (SSSR count). The van der Waals surface area contributed by atoms with E-state index in [0.717, 1.165) is 64.3 Å². The van der Waals surface area contributed by atoms with Gasteiger partial charge in [0.15, 0.2) is 5.79 Å². The first-order valence-electron chi connectivity index (χ1n) is 8.33. The smallest absolute Gasteiger partial charge is 0.222 e. The summed E-state index contributed by atoms with van der Waals surface area (Å²) in [5.74, 6) is 0.767. The Morgan fingerprint density at radius 3 is 2.35 bits per heavy atom. The van der Waals surface area contributed by atoms with Crippen LogP contribution < -0.4 is 0 Å². The van der Waals surface area contributed by atoms with Gasteiger partial charge in [-0.3, -0.25) is 4.79 Å². The average Bonchev–Trinajstić information content (AvgIpc) is 3.00. The van der Waals surface area contributed by atoms with Crippen molar-refractivity contribution in [3.8, 4) is 0 Å². The van der Waals surface area contributed by atoms with Gasteiger partial charge in [-0.05, 0) is 18.8 Å². The number of amides is 1. The Bertz CT molecular complexity index is 323. The third-order valence-corrected chi connectivity index (χ3v) is 5.14. The van der Waals surface area contributed by atoms with Crippen LogP contribution in [-0.4, -0.2) is 42.9 Å². The fraction of sp³-hybridized carbons (Fsp3) is 0.938. The van der Waals surface area contributed by atoms with Crippen molar-refractivity contribution in [3.63, 3.8) is 0 Å². The molecular weight excluding hydrogens is 254 g/mol. The van der Waals surface area contributed by atoms with Crippen LogP contribution in [-0.2, 0) is 14.3 Å². The highest BCUT2D eigenvalue weighted by Gasteiger charge is 2.39. The van der Waals surface area contributed by atoms with Gasteiger partial charge in [0.05, 0.1) is 13.2 Å². The molecule has 4 nitrogen and oxygen atoms in total. The summed E-state index contributed by atoms with van der Waals surface area (Å²) in [6, 6.07) is 0. The quantitative estimate of drug-likeness (QED) is 0.798. The molecular formula is C16H27NO3. The van der Waals surface area contributed by atoms with Crippen molar-refractivity contribution in [2.45, 2.75) is 63.6 Å². The van der Waals surface area contributed by atoms with Crippen molar-refractivity contribution in [2.24, 2.45) is 5.92 Å². The van der Waals surface area contributed by atoms with Crippen LogP contribution in [0.1, 0.15) is 57.8 Å². The fourth-order valence-corrected chi connectivity index (χ4v) is 3.79. The first-order chi connectivity index (χ1) is 9.77. The molecule has 1 spiro atoms. The lowest BCUT2D eigenvalue weighted by molar-refractivity contribution is -0.282. The van der Waals surface area contributed by atoms with Crippen molar-refractivity contribution in [1.82, 2.24) is 4.90 Å². The number of carbonyl (C=O) groups is 1. The van der Waals surface area contributed by atoms with E-state index in [0.29, 0.717) is 5.91 Å². The fourth-order valence-electron chi connectivity index (χ4n) is 3.79. The molecule has 0 aromatic carbocycles. The Morgan fingerprint density at radius 2 is 1.70 bits per heavy atom. The van der Waals surface area contributed by atoms with E-state index in [9.17, 15) is 4.79 Å². The van der Waals surface area contributed by atoms with Gasteiger partial charge in [0, 0.05) is 32.4 Å². The Balaban J connectivity index is 1.41. The molecule has 2 heterocycles. The minimum absolute atomic E-state index is 0.336. The van der Waals surface area contributed by atoms with Crippen LogP contribution in [0.4, 0.5) is 0 Å². The van der Waals surface area contributed by atoms with Crippen LogP contribution in [0.15, 0.2) is 0 Å². The normalized spacial score (nSPS) is 27.1. The zero-order valence-electron chi connectivity index (χ0n) is 12.4. The van der Waals surface area contributed by atoms with Gasteiger partial charge in [-0.1, -0.05) is 25.7 Å². The minimum atomic E-state index is -0.375. The molecule has 3 fully saturated rings. The van der Waals surface area contributed by atoms with Gasteiger partial charge >= 0.3 is 0 Å². The number of ether oxygens (including phenoxy) is 2. The van der Waals surface area contributed by atoms with Crippen LogP contribution in [0.25, 0.3) is 0 Å². The maximum Gasteiger partial charge on any atom is 0.222 e. The number of hydrogen-bond donors (Lipinski definition) is 0. The summed E-state index contributed by atoms with van der Waals surface area (Å²) in [5, 5.41) is 0. The highest BCUT2D eigenvalue weighted by atomic mass is 16.7. The zero-order chi connectivity index (χ0) is 13.8. The summed E-state index contributed by atoms with van der Waals surface area (Å²) in [4.78, 5) is 14.3. The molecule has 0 bridgehead atoms. The number of piperidine rings is 1. The van der Waals surface area contributed by atoms with Crippen molar-refractivity contribution >= 4 is 5.91 Å². The maximum absolute atomic E-state index is 12.3. The van der Waals surface area contributed by atoms with Gasteiger partial charge in [-0.15, -0.1) is 0 Å². The van der Waals surface area contributed by atoms with Crippen molar-refractivity contribution in [3.05, 3.63) is 0 Å². The first-order valence-corrected chi connectivity index (χ1v) is 8.33. The number of rotatable bonds is 3. The third-order valence-electron chi connectivity index (χ3n) is 5.14. The average molecular weight is 281 g/mol. The highest BCUT2D eigenvalue weighted by molar-refractivity contribution is 5.76. The molecule has 20 heavy (non-hydrogen) atoms. The van der Waals surface area contributed by atoms with Crippen LogP contribution in [0.3, 0.4) is 0 Å². The topological polar surface area (TPSA) is 38.8 Å². The van der Waals surface area contributed by atoms with E-state index in [-0.39, 0.29) is 5.79 Å². The monoisotopic (exact) mass is 281 g/mol. The van der Waals surface area contributed by atoms with E-state index in [1.54, 1.807) is 0 Å². The van der Waals surface area contributed by atoms with Crippen molar-refractivity contribution in [1.29, 1.82) is 0 Å². The Labute approximate surface area is 121 Å². The number of likely N-dealkylation sites (tertiary alicyclic amines) is 1. The molecule has 2 saturated heterocycles. The van der Waals surface area contributed by atoms with E-state index in [1.165, 1.54) is 25.7 Å². The summed E-state index contributed by atoms with van der Waals surface area (Å²) in [6.07, 6.45) is 9.87. The van der Waals surface area contributed by atoms with E-state index in [4.69, 9.17) is 9.47 Å². The highest BCUT2D eigenvalue weighted by Crippen LogP contribution is 2.32. The Kier molecular flexibility index (Phi) is 4.61. The van der Waals surface area contributed by atoms with Gasteiger partial charge < -0.3 is 14.4 Å². The van der Waals surface area contributed by atoms with E-state index in [2.05, 4.69) is 0 Å². The number of hydrogen-bond acceptors (Lipinski definition) is 3. The predicted molar refractivity (Wildman–Crippen MR) is 76.3 cm³/mol. The number of nitrogens with zero attached hydrogens (tertiary/aromatic N) is 1. The predicted octanol–water partition coefficient (Wildman–Crippen LogP) is 2.71. The van der Waals surface area contributed by atoms with Gasteiger partial charge in [0.2, 0.25) is 5.91 Å². The molecule has 3 aliphatic rings. The molecule has 1 aliphatic carbocycles. The van der Waals surface area contributed by atoms with Gasteiger partial charge in [-0.25, -0.2) is 0 Å². The minimum Gasteiger partial charge on any atom is -0.350 e. The number of carbonyl (C=O) groups excluding carboxylic acids is 1. The molecule has 0 aromatic rings. The second kappa shape index (κ2) is 6.44. The van der Waals surface area contributed by atoms with Crippen LogP contribution >= 0.6 is 0 Å². The summed E-state index contributed by atoms with van der Waals surface area (Å²) < 4.78 is 11.6. The van der Waals surface area contributed by atoms with Gasteiger partial charge in [0.25, 0.3) is 0 Å². The Morgan fingerprint density at radius 1 is 1.05 bits per heavy atom. The molecule has 1 amide bonds. The lowest BCUT2D eigenvalue weighted by atomic mass is 9.99. The van der Waals surface area contributed by atoms with E-state index in [1.807, 2.05) is 4.90 Å². The molecule has 114 valence electrons. The lowest BCUT2D eigenvalue weighted by Gasteiger charge is -2.43. The SMILES string of the molecule is O=C(CCC1CCCC1)N1CCC2(CC1)OCCCO2. The van der Waals surface area contributed by atoms with E-state index >= 15 is 0 Å². The van der Waals surface area contributed by atoms with E-state index < -0.39 is 0 Å². The molecule has 0 unspecified atom stereocenters. The van der Waals surface area contributed by atoms with Gasteiger partial charge in [-0.2, -0.15) is 0 Å². The Hall–Kier alpha value is -0.610. The third kappa shape index (κ3) is 3.34. The van der Waals surface area contributed by atoms with Crippen LogP contribution in [0, 0.1) is 5.92 Å². The first kappa shape index (κ1) is 14.3. The molecule has 1 saturated carbocycles. The molecule has 4 heteroatoms. The lowest BCUT2D eigenvalue weighted by Crippen LogP contribution is -2.51. The molecule has 0 atom stereocenters. The second-order valence-electron chi connectivity index (χ2n) is 6.53. The summed E-state index contributed by atoms with van der Waals surface area (Å²) in [7, 11) is 0. The van der Waals surface area contributed by atoms with Crippen molar-refractivity contribution in [2.75, 3.05) is 26.3 Å². The van der Waals surface area contributed by atoms with Gasteiger partial charge in [0.1, 0.15) is 0 Å². The second-order valence-corrected chi connectivity index (χ2v) is 6.53.